The van der Waals surface area contributed by atoms with Crippen LogP contribution in [0.1, 0.15) is 290 Å². The standard InChI is InChI=1S/C75H137NO18/c1-3-5-7-9-11-13-15-17-19-20-21-22-23-24-25-26-27-28-29-30-31-32-33-34-35-36-37-38-39-41-43-45-47-49-51-53-63(81)76-58(59(80)52-50-48-46-44-42-40-18-16-14-12-10-8-6-4-2)57-89-73-69(87)66(84)71(61(55-78)91-73)94-75-70(88)67(85)72(62(56-79)92-75)93-74-68(86)65(83)64(82)60(54-77)90-74/h15,17,20-21,23-24,50,52,58-62,64-75,77-80,82-88H,3-14,16,18-19,22,25-49,51,53-57H2,1-2H3,(H,76,81)/b17-15-,21-20-,24-23-,52-50+. The van der Waals surface area contributed by atoms with Crippen LogP contribution in [0.2, 0.25) is 0 Å². The number of allylic oxidation sites excluding steroid dienone is 7. The summed E-state index contributed by atoms with van der Waals surface area (Å²) in [5, 5.41) is 121. The van der Waals surface area contributed by atoms with Crippen LogP contribution >= 0.6 is 0 Å². The number of aliphatic hydroxyl groups is 11. The van der Waals surface area contributed by atoms with Crippen molar-refractivity contribution in [1.29, 1.82) is 0 Å². The third kappa shape index (κ3) is 37.3. The zero-order valence-electron chi connectivity index (χ0n) is 58.4. The second kappa shape index (κ2) is 56.5. The van der Waals surface area contributed by atoms with Gasteiger partial charge in [0.05, 0.1) is 38.6 Å². The lowest BCUT2D eigenvalue weighted by Gasteiger charge is -2.48. The van der Waals surface area contributed by atoms with Gasteiger partial charge in [-0.15, -0.1) is 0 Å². The number of carbonyl (C=O) groups is 1. The third-order valence-electron chi connectivity index (χ3n) is 18.9. The molecule has 3 aliphatic heterocycles. The summed E-state index contributed by atoms with van der Waals surface area (Å²) in [5.41, 5.74) is 0. The Balaban J connectivity index is 1.33. The lowest BCUT2D eigenvalue weighted by Crippen LogP contribution is -2.66. The molecule has 1 amide bonds. The molecule has 94 heavy (non-hydrogen) atoms. The Bertz CT molecular complexity index is 1890. The van der Waals surface area contributed by atoms with Gasteiger partial charge in [-0.25, -0.2) is 0 Å². The number of hydrogen-bond donors (Lipinski definition) is 12. The van der Waals surface area contributed by atoms with Crippen LogP contribution in [0.5, 0.6) is 0 Å². The van der Waals surface area contributed by atoms with Gasteiger partial charge < -0.3 is 89.9 Å². The first kappa shape index (κ1) is 86.0. The summed E-state index contributed by atoms with van der Waals surface area (Å²) in [6, 6.07) is -0.972. The van der Waals surface area contributed by atoms with E-state index in [1.54, 1.807) is 6.08 Å². The fourth-order valence-electron chi connectivity index (χ4n) is 12.7. The lowest BCUT2D eigenvalue weighted by atomic mass is 9.96. The molecule has 19 heteroatoms. The Labute approximate surface area is 567 Å². The Morgan fingerprint density at radius 2 is 0.702 bits per heavy atom. The Morgan fingerprint density at radius 3 is 1.10 bits per heavy atom. The van der Waals surface area contributed by atoms with Crippen LogP contribution in [-0.2, 0) is 33.2 Å². The predicted molar refractivity (Wildman–Crippen MR) is 369 cm³/mol. The molecule has 0 spiro atoms. The molecule has 0 radical (unpaired) electrons. The van der Waals surface area contributed by atoms with Crippen molar-refractivity contribution in [1.82, 2.24) is 5.32 Å². The van der Waals surface area contributed by atoms with E-state index in [1.807, 2.05) is 6.08 Å². The molecule has 0 saturated carbocycles. The summed E-state index contributed by atoms with van der Waals surface area (Å²) in [6.45, 7) is 1.74. The molecule has 3 fully saturated rings. The number of unbranched alkanes of at least 4 members (excludes halogenated alkanes) is 37. The highest BCUT2D eigenvalue weighted by Gasteiger charge is 2.53. The fourth-order valence-corrected chi connectivity index (χ4v) is 12.7. The Kier molecular flexibility index (Phi) is 51.7. The van der Waals surface area contributed by atoms with Gasteiger partial charge >= 0.3 is 0 Å². The van der Waals surface area contributed by atoms with Crippen LogP contribution in [0.25, 0.3) is 0 Å². The smallest absolute Gasteiger partial charge is 0.220 e. The van der Waals surface area contributed by atoms with Gasteiger partial charge in [0.15, 0.2) is 18.9 Å². The molecule has 3 saturated heterocycles. The molecule has 0 aromatic carbocycles. The predicted octanol–water partition coefficient (Wildman–Crippen LogP) is 11.3. The van der Waals surface area contributed by atoms with Crippen molar-refractivity contribution in [2.24, 2.45) is 0 Å². The second-order valence-electron chi connectivity index (χ2n) is 27.1. The van der Waals surface area contributed by atoms with E-state index < -0.39 is 124 Å². The molecule has 0 bridgehead atoms. The zero-order valence-corrected chi connectivity index (χ0v) is 58.4. The van der Waals surface area contributed by atoms with Crippen LogP contribution in [0.4, 0.5) is 0 Å². The first-order valence-electron chi connectivity index (χ1n) is 37.9. The van der Waals surface area contributed by atoms with Crippen molar-refractivity contribution in [3.05, 3.63) is 48.6 Å². The monoisotopic (exact) mass is 1340 g/mol. The molecule has 3 aliphatic rings. The molecule has 3 heterocycles. The normalized spacial score (nSPS) is 27.6. The van der Waals surface area contributed by atoms with Crippen molar-refractivity contribution in [2.75, 3.05) is 26.4 Å². The number of nitrogens with one attached hydrogen (secondary N) is 1. The van der Waals surface area contributed by atoms with Gasteiger partial charge in [0, 0.05) is 6.42 Å². The Hall–Kier alpha value is -2.25. The number of ether oxygens (including phenoxy) is 6. The van der Waals surface area contributed by atoms with Gasteiger partial charge in [-0.05, 0) is 57.8 Å². The zero-order chi connectivity index (χ0) is 68.2. The number of rotatable bonds is 59. The summed E-state index contributed by atoms with van der Waals surface area (Å²) in [5.74, 6) is -0.272. The SMILES string of the molecule is CCCCCCC/C=C\C/C=C\C/C=C\CCCCCCCCCCCCCCCCCCCCCCC(=O)NC(COC1OC(CO)C(OC2OC(CO)C(OC3OC(CO)C(O)C(O)C3O)C(O)C2O)C(O)C1O)C(O)/C=C/CCCCCCCCCCCCCC. The minimum absolute atomic E-state index is 0.245. The van der Waals surface area contributed by atoms with Gasteiger partial charge in [-0.1, -0.05) is 274 Å². The summed E-state index contributed by atoms with van der Waals surface area (Å²) < 4.78 is 34.4. The molecule has 3 rings (SSSR count). The van der Waals surface area contributed by atoms with Gasteiger partial charge in [-0.2, -0.15) is 0 Å². The summed E-state index contributed by atoms with van der Waals surface area (Å²) in [6.07, 6.45) is 42.5. The van der Waals surface area contributed by atoms with E-state index in [2.05, 4.69) is 55.6 Å². The van der Waals surface area contributed by atoms with Crippen molar-refractivity contribution < 1.29 is 89.4 Å². The van der Waals surface area contributed by atoms with Gasteiger partial charge in [0.25, 0.3) is 0 Å². The van der Waals surface area contributed by atoms with Crippen LogP contribution in [0, 0.1) is 0 Å². The summed E-state index contributed by atoms with van der Waals surface area (Å²) in [4.78, 5) is 13.4. The van der Waals surface area contributed by atoms with Gasteiger partial charge in [0.1, 0.15) is 73.2 Å². The van der Waals surface area contributed by atoms with E-state index in [9.17, 15) is 61.0 Å². The number of aliphatic hydroxyl groups excluding tert-OH is 11. The van der Waals surface area contributed by atoms with Gasteiger partial charge in [0.2, 0.25) is 5.91 Å². The fraction of sp³-hybridized carbons (Fsp3) is 0.880. The largest absolute Gasteiger partial charge is 0.394 e. The van der Waals surface area contributed by atoms with E-state index in [1.165, 1.54) is 205 Å². The third-order valence-corrected chi connectivity index (χ3v) is 18.9. The van der Waals surface area contributed by atoms with Crippen LogP contribution in [0.15, 0.2) is 48.6 Å². The van der Waals surface area contributed by atoms with E-state index >= 15 is 0 Å². The second-order valence-corrected chi connectivity index (χ2v) is 27.1. The summed E-state index contributed by atoms with van der Waals surface area (Å²) >= 11 is 0. The molecule has 19 nitrogen and oxygen atoms in total. The van der Waals surface area contributed by atoms with E-state index in [0.29, 0.717) is 6.42 Å². The van der Waals surface area contributed by atoms with E-state index in [-0.39, 0.29) is 18.9 Å². The number of carbonyl (C=O) groups excluding carboxylic acids is 1. The molecule has 12 N–H and O–H groups in total. The number of hydrogen-bond acceptors (Lipinski definition) is 18. The Morgan fingerprint density at radius 1 is 0.383 bits per heavy atom. The maximum absolute atomic E-state index is 13.4. The van der Waals surface area contributed by atoms with Crippen LogP contribution in [-0.4, -0.2) is 193 Å². The highest BCUT2D eigenvalue weighted by molar-refractivity contribution is 5.76. The first-order chi connectivity index (χ1) is 45.8. The van der Waals surface area contributed by atoms with Crippen molar-refractivity contribution >= 4 is 5.91 Å². The van der Waals surface area contributed by atoms with Crippen molar-refractivity contribution in [3.63, 3.8) is 0 Å². The van der Waals surface area contributed by atoms with Crippen molar-refractivity contribution in [2.45, 2.75) is 394 Å². The average molecular weight is 1340 g/mol. The van der Waals surface area contributed by atoms with E-state index in [4.69, 9.17) is 28.4 Å². The maximum Gasteiger partial charge on any atom is 0.220 e. The maximum atomic E-state index is 13.4. The van der Waals surface area contributed by atoms with Gasteiger partial charge in [-0.3, -0.25) is 4.79 Å². The molecule has 17 atom stereocenters. The minimum Gasteiger partial charge on any atom is -0.394 e. The summed E-state index contributed by atoms with van der Waals surface area (Å²) in [7, 11) is 0. The minimum atomic E-state index is -1.98. The molecule has 0 aromatic heterocycles. The highest BCUT2D eigenvalue weighted by Crippen LogP contribution is 2.33. The molecule has 17 unspecified atom stereocenters. The van der Waals surface area contributed by atoms with E-state index in [0.717, 1.165) is 57.8 Å². The molecular weight excluding hydrogens is 1200 g/mol. The van der Waals surface area contributed by atoms with Crippen molar-refractivity contribution in [3.8, 4) is 0 Å². The molecule has 0 aromatic rings. The van der Waals surface area contributed by atoms with Crippen LogP contribution in [0.3, 0.4) is 0 Å². The highest BCUT2D eigenvalue weighted by atomic mass is 16.8. The molecule has 550 valence electrons. The van der Waals surface area contributed by atoms with Crippen LogP contribution < -0.4 is 5.32 Å². The number of amides is 1. The molecule has 0 aliphatic carbocycles. The molecular formula is C75H137NO18. The quantitative estimate of drug-likeness (QED) is 0.0199. The topological polar surface area (TPSA) is 307 Å². The lowest BCUT2D eigenvalue weighted by molar-refractivity contribution is -0.379. The average Bonchev–Trinajstić information content (AvgIpc) is 0.792. The first-order valence-corrected chi connectivity index (χ1v) is 37.9.